The fraction of sp³-hybridized carbons (Fsp3) is 0.588. The lowest BCUT2D eigenvalue weighted by molar-refractivity contribution is -0.133. The molecule has 0 bridgehead atoms. The third-order valence-corrected chi connectivity index (χ3v) is 6.01. The molecular weight excluding hydrogens is 310 g/mol. The Morgan fingerprint density at radius 2 is 1.91 bits per heavy atom. The maximum atomic E-state index is 12.8. The highest BCUT2D eigenvalue weighted by molar-refractivity contribution is 7.18. The van der Waals surface area contributed by atoms with Crippen molar-refractivity contribution in [2.75, 3.05) is 13.1 Å². The summed E-state index contributed by atoms with van der Waals surface area (Å²) in [5.74, 6) is 1.31. The molecule has 3 rings (SSSR count). The molecule has 1 amide bonds. The predicted octanol–water partition coefficient (Wildman–Crippen LogP) is 2.64. The van der Waals surface area contributed by atoms with Gasteiger partial charge in [0.2, 0.25) is 5.91 Å². The van der Waals surface area contributed by atoms with Gasteiger partial charge in [0.05, 0.1) is 5.39 Å². The highest BCUT2D eigenvalue weighted by atomic mass is 32.1. The Balaban J connectivity index is 1.92. The number of nitrogens with zero attached hydrogens (tertiary/aromatic N) is 3. The van der Waals surface area contributed by atoms with E-state index in [4.69, 9.17) is 0 Å². The fourth-order valence-electron chi connectivity index (χ4n) is 3.11. The highest BCUT2D eigenvalue weighted by Gasteiger charge is 2.22. The molecule has 2 aromatic heterocycles. The quantitative estimate of drug-likeness (QED) is 0.849. The molecule has 0 unspecified atom stereocenters. The van der Waals surface area contributed by atoms with Crippen molar-refractivity contribution in [1.82, 2.24) is 14.5 Å². The number of likely N-dealkylation sites (tertiary alicyclic amines) is 1. The van der Waals surface area contributed by atoms with Crippen molar-refractivity contribution in [1.29, 1.82) is 0 Å². The standard InChI is InChI=1S/C17H23N3O2S/c1-10-5-7-19(8-6-10)14(21)9-20-13(4)18-16-15(17(20)22)11(2)12(3)23-16/h10H,5-9H2,1-4H3. The molecule has 0 spiro atoms. The van der Waals surface area contributed by atoms with E-state index >= 15 is 0 Å². The number of fused-ring (bicyclic) bond motifs is 1. The third-order valence-electron chi connectivity index (χ3n) is 4.91. The minimum Gasteiger partial charge on any atom is -0.341 e. The summed E-state index contributed by atoms with van der Waals surface area (Å²) in [5.41, 5.74) is 0.892. The van der Waals surface area contributed by atoms with Crippen LogP contribution in [-0.2, 0) is 11.3 Å². The van der Waals surface area contributed by atoms with Gasteiger partial charge in [-0.25, -0.2) is 4.98 Å². The second-order valence-corrected chi connectivity index (χ2v) is 7.78. The summed E-state index contributed by atoms with van der Waals surface area (Å²) in [7, 11) is 0. The Kier molecular flexibility index (Phi) is 4.27. The fourth-order valence-corrected chi connectivity index (χ4v) is 4.17. The number of piperidine rings is 1. The molecule has 0 saturated carbocycles. The van der Waals surface area contributed by atoms with Crippen LogP contribution in [-0.4, -0.2) is 33.4 Å². The van der Waals surface area contributed by atoms with Crippen LogP contribution in [0.3, 0.4) is 0 Å². The number of aromatic nitrogens is 2. The maximum Gasteiger partial charge on any atom is 0.263 e. The first-order valence-electron chi connectivity index (χ1n) is 8.13. The summed E-state index contributed by atoms with van der Waals surface area (Å²) in [5, 5.41) is 0.665. The van der Waals surface area contributed by atoms with Gasteiger partial charge in [0.1, 0.15) is 17.2 Å². The van der Waals surface area contributed by atoms with Gasteiger partial charge >= 0.3 is 0 Å². The monoisotopic (exact) mass is 333 g/mol. The van der Waals surface area contributed by atoms with Gasteiger partial charge in [0.15, 0.2) is 0 Å². The zero-order valence-electron chi connectivity index (χ0n) is 14.2. The minimum atomic E-state index is -0.0897. The molecular formula is C17H23N3O2S. The van der Waals surface area contributed by atoms with Crippen LogP contribution in [0.25, 0.3) is 10.2 Å². The summed E-state index contributed by atoms with van der Waals surface area (Å²) in [6.07, 6.45) is 2.08. The van der Waals surface area contributed by atoms with E-state index in [2.05, 4.69) is 11.9 Å². The number of hydrogen-bond acceptors (Lipinski definition) is 4. The Labute approximate surface area is 139 Å². The van der Waals surface area contributed by atoms with Crippen LogP contribution in [0, 0.1) is 26.7 Å². The Bertz CT molecular complexity index is 813. The topological polar surface area (TPSA) is 55.2 Å². The molecule has 23 heavy (non-hydrogen) atoms. The number of thiophene rings is 1. The van der Waals surface area contributed by atoms with Crippen molar-refractivity contribution in [3.63, 3.8) is 0 Å². The Morgan fingerprint density at radius 1 is 1.26 bits per heavy atom. The first-order chi connectivity index (χ1) is 10.9. The van der Waals surface area contributed by atoms with Crippen molar-refractivity contribution in [2.45, 2.75) is 47.1 Å². The lowest BCUT2D eigenvalue weighted by Gasteiger charge is -2.30. The average molecular weight is 333 g/mol. The van der Waals surface area contributed by atoms with Crippen LogP contribution in [0.2, 0.25) is 0 Å². The van der Waals surface area contributed by atoms with E-state index in [0.717, 1.165) is 41.2 Å². The Hall–Kier alpha value is -1.69. The summed E-state index contributed by atoms with van der Waals surface area (Å²) in [6.45, 7) is 9.65. The van der Waals surface area contributed by atoms with E-state index in [1.54, 1.807) is 18.3 Å². The van der Waals surface area contributed by atoms with Gasteiger partial charge in [-0.15, -0.1) is 11.3 Å². The van der Waals surface area contributed by atoms with Crippen LogP contribution in [0.5, 0.6) is 0 Å². The molecule has 5 nitrogen and oxygen atoms in total. The molecule has 0 N–H and O–H groups in total. The molecule has 0 radical (unpaired) electrons. The number of aryl methyl sites for hydroxylation is 3. The molecule has 1 aliphatic heterocycles. The first kappa shape index (κ1) is 16.2. The zero-order valence-corrected chi connectivity index (χ0v) is 15.0. The van der Waals surface area contributed by atoms with E-state index in [9.17, 15) is 9.59 Å². The van der Waals surface area contributed by atoms with Crippen LogP contribution >= 0.6 is 11.3 Å². The lowest BCUT2D eigenvalue weighted by atomic mass is 9.99. The van der Waals surface area contributed by atoms with Crippen LogP contribution in [0.1, 0.15) is 36.0 Å². The summed E-state index contributed by atoms with van der Waals surface area (Å²) >= 11 is 1.54. The SMILES string of the molecule is Cc1sc2nc(C)n(CC(=O)N3CCC(C)CC3)c(=O)c2c1C. The van der Waals surface area contributed by atoms with Gasteiger partial charge in [-0.1, -0.05) is 6.92 Å². The normalized spacial score (nSPS) is 16.3. The molecule has 6 heteroatoms. The smallest absolute Gasteiger partial charge is 0.263 e. The Morgan fingerprint density at radius 3 is 2.57 bits per heavy atom. The summed E-state index contributed by atoms with van der Waals surface area (Å²) < 4.78 is 1.53. The number of carbonyl (C=O) groups excluding carboxylic acids is 1. The van der Waals surface area contributed by atoms with E-state index < -0.39 is 0 Å². The van der Waals surface area contributed by atoms with Crippen LogP contribution in [0.15, 0.2) is 4.79 Å². The predicted molar refractivity (Wildman–Crippen MR) is 93.1 cm³/mol. The van der Waals surface area contributed by atoms with E-state index in [1.807, 2.05) is 18.7 Å². The van der Waals surface area contributed by atoms with Crippen molar-refractivity contribution in [3.05, 3.63) is 26.6 Å². The third kappa shape index (κ3) is 2.92. The number of carbonyl (C=O) groups is 1. The van der Waals surface area contributed by atoms with Crippen molar-refractivity contribution >= 4 is 27.5 Å². The number of amides is 1. The number of hydrogen-bond donors (Lipinski definition) is 0. The van der Waals surface area contributed by atoms with Crippen molar-refractivity contribution < 1.29 is 4.79 Å². The number of rotatable bonds is 2. The van der Waals surface area contributed by atoms with Gasteiger partial charge in [0, 0.05) is 18.0 Å². The van der Waals surface area contributed by atoms with E-state index in [1.165, 1.54) is 4.57 Å². The van der Waals surface area contributed by atoms with Crippen LogP contribution < -0.4 is 5.56 Å². The van der Waals surface area contributed by atoms with Gasteiger partial charge in [-0.3, -0.25) is 14.2 Å². The average Bonchev–Trinajstić information content (AvgIpc) is 2.78. The van der Waals surface area contributed by atoms with Crippen molar-refractivity contribution in [2.24, 2.45) is 5.92 Å². The maximum absolute atomic E-state index is 12.8. The van der Waals surface area contributed by atoms with E-state index in [-0.39, 0.29) is 18.0 Å². The molecule has 1 fully saturated rings. The molecule has 1 aliphatic rings. The molecule has 0 aromatic carbocycles. The molecule has 0 aliphatic carbocycles. The summed E-state index contributed by atoms with van der Waals surface area (Å²) in [4.78, 5) is 33.7. The van der Waals surface area contributed by atoms with Crippen molar-refractivity contribution in [3.8, 4) is 0 Å². The van der Waals surface area contributed by atoms with Gasteiger partial charge < -0.3 is 4.90 Å². The molecule has 1 saturated heterocycles. The summed E-state index contributed by atoms with van der Waals surface area (Å²) in [6, 6.07) is 0. The van der Waals surface area contributed by atoms with E-state index in [0.29, 0.717) is 17.1 Å². The molecule has 124 valence electrons. The van der Waals surface area contributed by atoms with Crippen LogP contribution in [0.4, 0.5) is 0 Å². The first-order valence-corrected chi connectivity index (χ1v) is 8.95. The highest BCUT2D eigenvalue weighted by Crippen LogP contribution is 2.26. The lowest BCUT2D eigenvalue weighted by Crippen LogP contribution is -2.41. The second-order valence-electron chi connectivity index (χ2n) is 6.58. The largest absolute Gasteiger partial charge is 0.341 e. The zero-order chi connectivity index (χ0) is 16.7. The van der Waals surface area contributed by atoms with Gasteiger partial charge in [-0.2, -0.15) is 0 Å². The minimum absolute atomic E-state index is 0.0212. The molecule has 3 heterocycles. The second kappa shape index (κ2) is 6.07. The van der Waals surface area contributed by atoms with Gasteiger partial charge in [0.25, 0.3) is 5.56 Å². The molecule has 2 aromatic rings. The molecule has 0 atom stereocenters. The van der Waals surface area contributed by atoms with Gasteiger partial charge in [-0.05, 0) is 45.1 Å².